The van der Waals surface area contributed by atoms with E-state index in [4.69, 9.17) is 5.73 Å². The Bertz CT molecular complexity index is 468. The average Bonchev–Trinajstić information content (AvgIpc) is 2.73. The van der Waals surface area contributed by atoms with Crippen molar-refractivity contribution in [3.63, 3.8) is 0 Å². The standard InChI is InChI=1S/C11H13N3/c12-11(4-5-11)6-8-2-1-3-9-7-13-14-10(8)9/h1-3,7H,4-6,12H2,(H,13,14). The summed E-state index contributed by atoms with van der Waals surface area (Å²) in [5.74, 6) is 0. The van der Waals surface area contributed by atoms with Crippen LogP contribution in [0.4, 0.5) is 0 Å². The van der Waals surface area contributed by atoms with Gasteiger partial charge in [0, 0.05) is 10.9 Å². The first kappa shape index (κ1) is 8.00. The first-order valence-electron chi connectivity index (χ1n) is 4.97. The van der Waals surface area contributed by atoms with Crippen molar-refractivity contribution in [2.75, 3.05) is 0 Å². The number of fused-ring (bicyclic) bond motifs is 1. The lowest BCUT2D eigenvalue weighted by atomic mass is 10.0. The molecule has 0 aliphatic heterocycles. The van der Waals surface area contributed by atoms with Crippen LogP contribution < -0.4 is 5.73 Å². The molecule has 72 valence electrons. The Morgan fingerprint density at radius 2 is 2.29 bits per heavy atom. The summed E-state index contributed by atoms with van der Waals surface area (Å²) in [6.07, 6.45) is 5.12. The second-order valence-corrected chi connectivity index (χ2v) is 4.29. The smallest absolute Gasteiger partial charge is 0.0682 e. The van der Waals surface area contributed by atoms with Gasteiger partial charge in [-0.05, 0) is 24.8 Å². The molecule has 0 atom stereocenters. The Kier molecular flexibility index (Phi) is 1.47. The Hall–Kier alpha value is -1.35. The molecule has 0 radical (unpaired) electrons. The van der Waals surface area contributed by atoms with Crippen molar-refractivity contribution in [1.29, 1.82) is 0 Å². The maximum atomic E-state index is 6.10. The second kappa shape index (κ2) is 2.58. The van der Waals surface area contributed by atoms with Gasteiger partial charge in [0.15, 0.2) is 0 Å². The molecule has 1 fully saturated rings. The van der Waals surface area contributed by atoms with Crippen LogP contribution in [0.1, 0.15) is 18.4 Å². The number of benzene rings is 1. The van der Waals surface area contributed by atoms with Gasteiger partial charge in [-0.2, -0.15) is 5.10 Å². The van der Waals surface area contributed by atoms with E-state index >= 15 is 0 Å². The highest BCUT2D eigenvalue weighted by Gasteiger charge is 2.38. The summed E-state index contributed by atoms with van der Waals surface area (Å²) in [4.78, 5) is 0. The minimum Gasteiger partial charge on any atom is -0.325 e. The van der Waals surface area contributed by atoms with Crippen molar-refractivity contribution >= 4 is 10.9 Å². The van der Waals surface area contributed by atoms with Crippen molar-refractivity contribution in [3.05, 3.63) is 30.0 Å². The highest BCUT2D eigenvalue weighted by atomic mass is 15.1. The number of rotatable bonds is 2. The van der Waals surface area contributed by atoms with Gasteiger partial charge in [0.1, 0.15) is 0 Å². The third kappa shape index (κ3) is 1.21. The van der Waals surface area contributed by atoms with Crippen LogP contribution in [-0.2, 0) is 6.42 Å². The molecular formula is C11H13N3. The quantitative estimate of drug-likeness (QED) is 0.750. The van der Waals surface area contributed by atoms with Crippen molar-refractivity contribution in [2.24, 2.45) is 5.73 Å². The highest BCUT2D eigenvalue weighted by molar-refractivity contribution is 5.81. The predicted octanol–water partition coefficient (Wildman–Crippen LogP) is 1.60. The monoisotopic (exact) mass is 187 g/mol. The van der Waals surface area contributed by atoms with Gasteiger partial charge < -0.3 is 5.73 Å². The number of nitrogens with one attached hydrogen (secondary N) is 1. The van der Waals surface area contributed by atoms with Gasteiger partial charge in [-0.25, -0.2) is 0 Å². The van der Waals surface area contributed by atoms with Crippen LogP contribution in [-0.4, -0.2) is 15.7 Å². The van der Waals surface area contributed by atoms with Gasteiger partial charge >= 0.3 is 0 Å². The van der Waals surface area contributed by atoms with Crippen LogP contribution in [0.3, 0.4) is 0 Å². The molecule has 2 aromatic rings. The molecule has 1 aromatic carbocycles. The number of aromatic amines is 1. The van der Waals surface area contributed by atoms with Crippen LogP contribution in [0.25, 0.3) is 10.9 Å². The summed E-state index contributed by atoms with van der Waals surface area (Å²) in [5.41, 5.74) is 8.61. The van der Waals surface area contributed by atoms with E-state index < -0.39 is 0 Å². The molecule has 1 aliphatic rings. The number of hydrogen-bond donors (Lipinski definition) is 2. The molecule has 1 aliphatic carbocycles. The van der Waals surface area contributed by atoms with Crippen molar-refractivity contribution in [1.82, 2.24) is 10.2 Å². The molecule has 0 unspecified atom stereocenters. The molecule has 0 bridgehead atoms. The number of aromatic nitrogens is 2. The van der Waals surface area contributed by atoms with Crippen LogP contribution >= 0.6 is 0 Å². The van der Waals surface area contributed by atoms with Crippen molar-refractivity contribution in [3.8, 4) is 0 Å². The Labute approximate surface area is 82.3 Å². The summed E-state index contributed by atoms with van der Waals surface area (Å²) in [6, 6.07) is 6.27. The van der Waals surface area contributed by atoms with Crippen LogP contribution in [0, 0.1) is 0 Å². The minimum absolute atomic E-state index is 0.0688. The summed E-state index contributed by atoms with van der Waals surface area (Å²) in [7, 11) is 0. The molecule has 1 aromatic heterocycles. The Morgan fingerprint density at radius 3 is 3.07 bits per heavy atom. The maximum absolute atomic E-state index is 6.10. The van der Waals surface area contributed by atoms with E-state index in [2.05, 4.69) is 28.4 Å². The molecular weight excluding hydrogens is 174 g/mol. The maximum Gasteiger partial charge on any atom is 0.0682 e. The van der Waals surface area contributed by atoms with E-state index in [1.807, 2.05) is 6.20 Å². The first-order valence-corrected chi connectivity index (χ1v) is 4.97. The fourth-order valence-corrected chi connectivity index (χ4v) is 1.89. The fourth-order valence-electron chi connectivity index (χ4n) is 1.89. The zero-order valence-corrected chi connectivity index (χ0v) is 7.96. The zero-order valence-electron chi connectivity index (χ0n) is 7.96. The molecule has 14 heavy (non-hydrogen) atoms. The summed E-state index contributed by atoms with van der Waals surface area (Å²) in [5, 5.41) is 8.25. The van der Waals surface area contributed by atoms with Gasteiger partial charge in [0.2, 0.25) is 0 Å². The third-order valence-electron chi connectivity index (χ3n) is 3.00. The largest absolute Gasteiger partial charge is 0.325 e. The number of hydrogen-bond acceptors (Lipinski definition) is 2. The highest BCUT2D eigenvalue weighted by Crippen LogP contribution is 2.36. The van der Waals surface area contributed by atoms with Gasteiger partial charge in [-0.1, -0.05) is 18.2 Å². The van der Waals surface area contributed by atoms with Gasteiger partial charge in [-0.3, -0.25) is 5.10 Å². The van der Waals surface area contributed by atoms with E-state index in [0.29, 0.717) is 0 Å². The van der Waals surface area contributed by atoms with Crippen LogP contribution in [0.15, 0.2) is 24.4 Å². The minimum atomic E-state index is 0.0688. The van der Waals surface area contributed by atoms with Crippen molar-refractivity contribution in [2.45, 2.75) is 24.8 Å². The average molecular weight is 187 g/mol. The fraction of sp³-hybridized carbons (Fsp3) is 0.364. The molecule has 3 rings (SSSR count). The topological polar surface area (TPSA) is 54.7 Å². The van der Waals surface area contributed by atoms with E-state index in [9.17, 15) is 0 Å². The predicted molar refractivity (Wildman–Crippen MR) is 56.0 cm³/mol. The summed E-state index contributed by atoms with van der Waals surface area (Å²) in [6.45, 7) is 0. The molecule has 1 heterocycles. The lowest BCUT2D eigenvalue weighted by molar-refractivity contribution is 0.674. The summed E-state index contributed by atoms with van der Waals surface area (Å²) < 4.78 is 0. The number of nitrogens with zero attached hydrogens (tertiary/aromatic N) is 1. The molecule has 0 saturated heterocycles. The van der Waals surface area contributed by atoms with Gasteiger partial charge in [0.05, 0.1) is 11.7 Å². The number of nitrogens with two attached hydrogens (primary N) is 1. The van der Waals surface area contributed by atoms with Crippen molar-refractivity contribution < 1.29 is 0 Å². The van der Waals surface area contributed by atoms with E-state index in [0.717, 1.165) is 24.8 Å². The lowest BCUT2D eigenvalue weighted by Gasteiger charge is -2.08. The molecule has 3 N–H and O–H groups in total. The molecule has 0 amide bonds. The van der Waals surface area contributed by atoms with E-state index in [1.54, 1.807) is 0 Å². The normalized spacial score (nSPS) is 18.6. The SMILES string of the molecule is NC1(Cc2cccc3cn[nH]c23)CC1. The number of H-pyrrole nitrogens is 1. The van der Waals surface area contributed by atoms with Gasteiger partial charge in [-0.15, -0.1) is 0 Å². The van der Waals surface area contributed by atoms with Crippen LogP contribution in [0.5, 0.6) is 0 Å². The number of para-hydroxylation sites is 1. The van der Waals surface area contributed by atoms with E-state index in [1.165, 1.54) is 10.9 Å². The first-order chi connectivity index (χ1) is 6.77. The van der Waals surface area contributed by atoms with E-state index in [-0.39, 0.29) is 5.54 Å². The lowest BCUT2D eigenvalue weighted by Crippen LogP contribution is -2.24. The second-order valence-electron chi connectivity index (χ2n) is 4.29. The molecule has 0 spiro atoms. The zero-order chi connectivity index (χ0) is 9.60. The Balaban J connectivity index is 2.06. The van der Waals surface area contributed by atoms with Crippen LogP contribution in [0.2, 0.25) is 0 Å². The Morgan fingerprint density at radius 1 is 1.43 bits per heavy atom. The summed E-state index contributed by atoms with van der Waals surface area (Å²) >= 11 is 0. The molecule has 3 heteroatoms. The molecule has 3 nitrogen and oxygen atoms in total. The van der Waals surface area contributed by atoms with Gasteiger partial charge in [0.25, 0.3) is 0 Å². The third-order valence-corrected chi connectivity index (χ3v) is 3.00. The molecule has 1 saturated carbocycles.